The fraction of sp³-hybridized carbons (Fsp3) is 0.429. The fourth-order valence-corrected chi connectivity index (χ4v) is 2.90. The van der Waals surface area contributed by atoms with Crippen molar-refractivity contribution in [2.45, 2.75) is 24.0 Å². The maximum absolute atomic E-state index is 12.2. The molecule has 0 fully saturated rings. The van der Waals surface area contributed by atoms with Gasteiger partial charge in [-0.1, -0.05) is 22.9 Å². The molecule has 0 saturated carbocycles. The van der Waals surface area contributed by atoms with Gasteiger partial charge in [-0.15, -0.1) is 11.8 Å². The fourth-order valence-electron chi connectivity index (χ4n) is 1.66. The molecule has 1 aromatic carbocycles. The average Bonchev–Trinajstić information content (AvgIpc) is 2.40. The summed E-state index contributed by atoms with van der Waals surface area (Å²) in [6.45, 7) is 3.65. The molecule has 2 unspecified atom stereocenters. The van der Waals surface area contributed by atoms with Crippen LogP contribution in [0.25, 0.3) is 0 Å². The zero-order valence-corrected chi connectivity index (χ0v) is 14.1. The molecule has 1 aromatic rings. The van der Waals surface area contributed by atoms with E-state index < -0.39 is 11.9 Å². The molecule has 0 bridgehead atoms. The summed E-state index contributed by atoms with van der Waals surface area (Å²) in [6.07, 6.45) is 0. The summed E-state index contributed by atoms with van der Waals surface area (Å²) in [5.74, 6) is -1.52. The van der Waals surface area contributed by atoms with Crippen LogP contribution in [0, 0.1) is 5.92 Å². The molecule has 0 heterocycles. The highest BCUT2D eigenvalue weighted by Gasteiger charge is 2.22. The van der Waals surface area contributed by atoms with Crippen LogP contribution in [-0.4, -0.2) is 40.7 Å². The van der Waals surface area contributed by atoms with Gasteiger partial charge in [-0.05, 0) is 31.2 Å². The molecule has 4 nitrogen and oxygen atoms in total. The largest absolute Gasteiger partial charge is 0.481 e. The van der Waals surface area contributed by atoms with E-state index in [1.54, 1.807) is 14.0 Å². The van der Waals surface area contributed by atoms with E-state index in [1.807, 2.05) is 31.2 Å². The van der Waals surface area contributed by atoms with Crippen LogP contribution in [0.2, 0.25) is 0 Å². The lowest BCUT2D eigenvalue weighted by molar-refractivity contribution is -0.142. The maximum Gasteiger partial charge on any atom is 0.308 e. The molecule has 20 heavy (non-hydrogen) atoms. The standard InChI is InChI=1S/C14H18BrNO3S/c1-9(14(18)19)8-16(3)13(17)10(2)20-12-6-4-11(15)5-7-12/h4-7,9-10H,8H2,1-3H3,(H,18,19). The van der Waals surface area contributed by atoms with Gasteiger partial charge in [0.05, 0.1) is 11.2 Å². The molecule has 2 atom stereocenters. The van der Waals surface area contributed by atoms with E-state index in [4.69, 9.17) is 5.11 Å². The van der Waals surface area contributed by atoms with Gasteiger partial charge in [0.2, 0.25) is 5.91 Å². The van der Waals surface area contributed by atoms with E-state index in [2.05, 4.69) is 15.9 Å². The molecule has 0 saturated heterocycles. The number of nitrogens with zero attached hydrogens (tertiary/aromatic N) is 1. The van der Waals surface area contributed by atoms with Crippen molar-refractivity contribution in [2.24, 2.45) is 5.92 Å². The van der Waals surface area contributed by atoms with Crippen LogP contribution in [0.3, 0.4) is 0 Å². The number of benzene rings is 1. The number of hydrogen-bond acceptors (Lipinski definition) is 3. The number of rotatable bonds is 6. The van der Waals surface area contributed by atoms with Crippen LogP contribution < -0.4 is 0 Å². The highest BCUT2D eigenvalue weighted by Crippen LogP contribution is 2.25. The highest BCUT2D eigenvalue weighted by molar-refractivity contribution is 9.10. The third-order valence-corrected chi connectivity index (χ3v) is 4.45. The van der Waals surface area contributed by atoms with Crippen LogP contribution >= 0.6 is 27.7 Å². The summed E-state index contributed by atoms with van der Waals surface area (Å²) in [4.78, 5) is 25.5. The first-order valence-corrected chi connectivity index (χ1v) is 7.88. The molecule has 1 rings (SSSR count). The van der Waals surface area contributed by atoms with Crippen LogP contribution in [0.1, 0.15) is 13.8 Å². The predicted octanol–water partition coefficient (Wildman–Crippen LogP) is 3.11. The summed E-state index contributed by atoms with van der Waals surface area (Å²) < 4.78 is 0.994. The summed E-state index contributed by atoms with van der Waals surface area (Å²) in [7, 11) is 1.64. The molecule has 110 valence electrons. The van der Waals surface area contributed by atoms with Crippen molar-refractivity contribution in [3.63, 3.8) is 0 Å². The van der Waals surface area contributed by atoms with Gasteiger partial charge in [0.25, 0.3) is 0 Å². The number of hydrogen-bond donors (Lipinski definition) is 1. The minimum atomic E-state index is -0.891. The molecule has 0 aliphatic carbocycles. The Hall–Kier alpha value is -1.01. The molecule has 0 spiro atoms. The van der Waals surface area contributed by atoms with Crippen molar-refractivity contribution in [3.8, 4) is 0 Å². The van der Waals surface area contributed by atoms with Gasteiger partial charge in [0.1, 0.15) is 0 Å². The second-order valence-electron chi connectivity index (χ2n) is 4.67. The van der Waals surface area contributed by atoms with Crippen molar-refractivity contribution < 1.29 is 14.7 Å². The van der Waals surface area contributed by atoms with E-state index in [-0.39, 0.29) is 17.7 Å². The average molecular weight is 360 g/mol. The molecular weight excluding hydrogens is 342 g/mol. The van der Waals surface area contributed by atoms with Gasteiger partial charge in [0.15, 0.2) is 0 Å². The Morgan fingerprint density at radius 3 is 2.35 bits per heavy atom. The third kappa shape index (κ3) is 5.17. The molecule has 1 amide bonds. The Morgan fingerprint density at radius 1 is 1.30 bits per heavy atom. The van der Waals surface area contributed by atoms with Crippen molar-refractivity contribution in [2.75, 3.05) is 13.6 Å². The first-order valence-electron chi connectivity index (χ1n) is 6.21. The number of amides is 1. The third-order valence-electron chi connectivity index (χ3n) is 2.82. The predicted molar refractivity (Wildman–Crippen MR) is 83.9 cm³/mol. The van der Waals surface area contributed by atoms with Gasteiger partial charge in [0, 0.05) is 23.0 Å². The Bertz CT molecular complexity index is 478. The number of halogens is 1. The van der Waals surface area contributed by atoms with Gasteiger partial charge < -0.3 is 10.0 Å². The number of carboxylic acid groups (broad SMARTS) is 1. The molecule has 0 aromatic heterocycles. The van der Waals surface area contributed by atoms with Crippen LogP contribution in [-0.2, 0) is 9.59 Å². The molecule has 0 aliphatic rings. The second kappa shape index (κ2) is 7.69. The van der Waals surface area contributed by atoms with Crippen molar-refractivity contribution >= 4 is 39.6 Å². The van der Waals surface area contributed by atoms with E-state index in [9.17, 15) is 9.59 Å². The first kappa shape index (κ1) is 17.0. The number of carbonyl (C=O) groups excluding carboxylic acids is 1. The Kier molecular flexibility index (Phi) is 6.55. The molecule has 6 heteroatoms. The van der Waals surface area contributed by atoms with E-state index in [0.717, 1.165) is 9.37 Å². The van der Waals surface area contributed by atoms with Crippen molar-refractivity contribution in [1.29, 1.82) is 0 Å². The quantitative estimate of drug-likeness (QED) is 0.792. The highest BCUT2D eigenvalue weighted by atomic mass is 79.9. The Morgan fingerprint density at radius 2 is 1.85 bits per heavy atom. The monoisotopic (exact) mass is 359 g/mol. The van der Waals surface area contributed by atoms with E-state index in [1.165, 1.54) is 16.7 Å². The summed E-state index contributed by atoms with van der Waals surface area (Å²) in [5.41, 5.74) is 0. The Labute approximate surface area is 131 Å². The van der Waals surface area contributed by atoms with E-state index >= 15 is 0 Å². The number of carbonyl (C=O) groups is 2. The summed E-state index contributed by atoms with van der Waals surface area (Å²) in [5, 5.41) is 8.62. The normalized spacial score (nSPS) is 13.6. The van der Waals surface area contributed by atoms with Gasteiger partial charge in [-0.25, -0.2) is 0 Å². The lowest BCUT2D eigenvalue weighted by atomic mass is 10.2. The molecular formula is C14H18BrNO3S. The topological polar surface area (TPSA) is 57.6 Å². The lowest BCUT2D eigenvalue weighted by Gasteiger charge is -2.22. The molecule has 1 N–H and O–H groups in total. The lowest BCUT2D eigenvalue weighted by Crippen LogP contribution is -2.37. The van der Waals surface area contributed by atoms with Gasteiger partial charge >= 0.3 is 5.97 Å². The van der Waals surface area contributed by atoms with Gasteiger partial charge in [-0.3, -0.25) is 9.59 Å². The van der Waals surface area contributed by atoms with Crippen molar-refractivity contribution in [1.82, 2.24) is 4.90 Å². The number of thioether (sulfide) groups is 1. The van der Waals surface area contributed by atoms with Gasteiger partial charge in [-0.2, -0.15) is 0 Å². The minimum absolute atomic E-state index is 0.0639. The van der Waals surface area contributed by atoms with Crippen LogP contribution in [0.15, 0.2) is 33.6 Å². The van der Waals surface area contributed by atoms with Crippen LogP contribution in [0.4, 0.5) is 0 Å². The first-order chi connectivity index (χ1) is 9.31. The molecule has 0 radical (unpaired) electrons. The minimum Gasteiger partial charge on any atom is -0.481 e. The zero-order chi connectivity index (χ0) is 15.3. The Balaban J connectivity index is 2.57. The second-order valence-corrected chi connectivity index (χ2v) is 7.00. The molecule has 0 aliphatic heterocycles. The number of aliphatic carboxylic acids is 1. The zero-order valence-electron chi connectivity index (χ0n) is 11.7. The SMILES string of the molecule is CC(CN(C)C(=O)C(C)Sc1ccc(Br)cc1)C(=O)O. The summed E-state index contributed by atoms with van der Waals surface area (Å²) >= 11 is 4.83. The smallest absolute Gasteiger partial charge is 0.308 e. The van der Waals surface area contributed by atoms with Crippen molar-refractivity contribution in [3.05, 3.63) is 28.7 Å². The van der Waals surface area contributed by atoms with E-state index in [0.29, 0.717) is 0 Å². The maximum atomic E-state index is 12.2. The number of carboxylic acids is 1. The van der Waals surface area contributed by atoms with Crippen LogP contribution in [0.5, 0.6) is 0 Å². The summed E-state index contributed by atoms with van der Waals surface area (Å²) in [6, 6.07) is 7.74.